The van der Waals surface area contributed by atoms with E-state index >= 15 is 0 Å². The van der Waals surface area contributed by atoms with Gasteiger partial charge in [0.15, 0.2) is 0 Å². The van der Waals surface area contributed by atoms with Crippen LogP contribution in [0, 0.1) is 30.1 Å². The van der Waals surface area contributed by atoms with Crippen molar-refractivity contribution in [2.24, 2.45) is 23.2 Å². The Balaban J connectivity index is 1.36. The molecule has 0 spiro atoms. The number of hydrogen-bond acceptors (Lipinski definition) is 2. The van der Waals surface area contributed by atoms with E-state index in [1.54, 1.807) is 0 Å². The molecule has 30 heavy (non-hydrogen) atoms. The van der Waals surface area contributed by atoms with Gasteiger partial charge in [0.25, 0.3) is 0 Å². The van der Waals surface area contributed by atoms with Gasteiger partial charge in [0.2, 0.25) is 11.8 Å². The molecule has 4 bridgehead atoms. The predicted octanol–water partition coefficient (Wildman–Crippen LogP) is 4.16. The molecule has 2 atom stereocenters. The first-order valence-corrected chi connectivity index (χ1v) is 12.0. The third kappa shape index (κ3) is 3.18. The van der Waals surface area contributed by atoms with Crippen molar-refractivity contribution >= 4 is 11.8 Å². The average molecular weight is 409 g/mol. The zero-order valence-corrected chi connectivity index (χ0v) is 18.8. The molecule has 6 rings (SSSR count). The van der Waals surface area contributed by atoms with Crippen LogP contribution >= 0.6 is 0 Å². The highest BCUT2D eigenvalue weighted by Gasteiger charge is 2.61. The van der Waals surface area contributed by atoms with Gasteiger partial charge in [0.05, 0.1) is 5.41 Å². The highest BCUT2D eigenvalue weighted by atomic mass is 16.2. The van der Waals surface area contributed by atoms with E-state index in [-0.39, 0.29) is 22.7 Å². The van der Waals surface area contributed by atoms with Gasteiger partial charge in [-0.25, -0.2) is 0 Å². The molecule has 2 amide bonds. The Hall–Kier alpha value is -1.84. The molecule has 5 fully saturated rings. The van der Waals surface area contributed by atoms with Gasteiger partial charge in [-0.1, -0.05) is 43.7 Å². The third-order valence-corrected chi connectivity index (χ3v) is 8.55. The second-order valence-electron chi connectivity index (χ2n) is 11.2. The van der Waals surface area contributed by atoms with Crippen molar-refractivity contribution in [3.05, 3.63) is 35.4 Å². The monoisotopic (exact) mass is 408 g/mol. The summed E-state index contributed by atoms with van der Waals surface area (Å²) < 4.78 is 0. The summed E-state index contributed by atoms with van der Waals surface area (Å²) in [5.74, 6) is 2.03. The molecule has 1 aromatic rings. The molecule has 2 unspecified atom stereocenters. The zero-order valence-electron chi connectivity index (χ0n) is 18.8. The lowest BCUT2D eigenvalue weighted by atomic mass is 9.42. The van der Waals surface area contributed by atoms with Crippen molar-refractivity contribution in [3.63, 3.8) is 0 Å². The smallest absolute Gasteiger partial charge is 0.228 e. The number of amides is 2. The largest absolute Gasteiger partial charge is 0.339 e. The second-order valence-corrected chi connectivity index (χ2v) is 11.2. The van der Waals surface area contributed by atoms with E-state index in [2.05, 4.69) is 36.1 Å². The van der Waals surface area contributed by atoms with E-state index in [1.165, 1.54) is 30.4 Å². The average Bonchev–Trinajstić information content (AvgIpc) is 2.72. The summed E-state index contributed by atoms with van der Waals surface area (Å²) in [6.07, 6.45) is 7.04. The molecule has 1 aromatic carbocycles. The van der Waals surface area contributed by atoms with E-state index < -0.39 is 0 Å². The minimum absolute atomic E-state index is 0.0322. The van der Waals surface area contributed by atoms with Crippen LogP contribution in [0.5, 0.6) is 0 Å². The summed E-state index contributed by atoms with van der Waals surface area (Å²) in [6, 6.07) is 9.15. The fourth-order valence-corrected chi connectivity index (χ4v) is 7.59. The Morgan fingerprint density at radius 3 is 2.03 bits per heavy atom. The van der Waals surface area contributed by atoms with Gasteiger partial charge < -0.3 is 9.80 Å². The van der Waals surface area contributed by atoms with Gasteiger partial charge in [-0.05, 0) is 68.3 Å². The molecule has 1 aliphatic heterocycles. The maximum atomic E-state index is 13.9. The molecule has 162 valence electrons. The lowest BCUT2D eigenvalue weighted by Gasteiger charge is -2.62. The number of aryl methyl sites for hydroxylation is 1. The Kier molecular flexibility index (Phi) is 4.75. The first kappa shape index (κ1) is 20.1. The standard InChI is InChI=1S/C26H36N2O2/c1-18(2)23(29)27-8-10-28(11-9-27)24(30)26-15-20-12-21(16-26)14-25(13-20,17-26)22-6-4-19(3)5-7-22/h4-7,18,20-21H,8-17H2,1-3H3. The first-order chi connectivity index (χ1) is 14.3. The van der Waals surface area contributed by atoms with Crippen molar-refractivity contribution in [1.29, 1.82) is 0 Å². The molecule has 4 heteroatoms. The van der Waals surface area contributed by atoms with Gasteiger partial charge in [0, 0.05) is 32.1 Å². The number of rotatable bonds is 3. The zero-order chi connectivity index (χ0) is 21.1. The molecule has 4 saturated carbocycles. The number of nitrogens with zero attached hydrogens (tertiary/aromatic N) is 2. The number of hydrogen-bond donors (Lipinski definition) is 0. The number of carbonyl (C=O) groups excluding carboxylic acids is 2. The maximum absolute atomic E-state index is 13.9. The van der Waals surface area contributed by atoms with Crippen molar-refractivity contribution in [1.82, 2.24) is 9.80 Å². The molecule has 4 nitrogen and oxygen atoms in total. The summed E-state index contributed by atoms with van der Waals surface area (Å²) in [5, 5.41) is 0. The minimum atomic E-state index is -0.167. The van der Waals surface area contributed by atoms with Crippen molar-refractivity contribution < 1.29 is 9.59 Å². The second kappa shape index (κ2) is 7.10. The van der Waals surface area contributed by atoms with E-state index in [0.29, 0.717) is 43.9 Å². The van der Waals surface area contributed by atoms with E-state index in [0.717, 1.165) is 19.3 Å². The molecule has 0 N–H and O–H groups in total. The molecule has 1 heterocycles. The van der Waals surface area contributed by atoms with Crippen molar-refractivity contribution in [3.8, 4) is 0 Å². The van der Waals surface area contributed by atoms with Crippen molar-refractivity contribution in [2.45, 2.75) is 64.7 Å². The van der Waals surface area contributed by atoms with Crippen LogP contribution in [0.1, 0.15) is 63.5 Å². The van der Waals surface area contributed by atoms with Gasteiger partial charge in [-0.2, -0.15) is 0 Å². The van der Waals surface area contributed by atoms with Crippen LogP contribution in [-0.2, 0) is 15.0 Å². The Morgan fingerprint density at radius 2 is 1.47 bits per heavy atom. The molecule has 0 radical (unpaired) electrons. The van der Waals surface area contributed by atoms with Crippen LogP contribution in [0.15, 0.2) is 24.3 Å². The summed E-state index contributed by atoms with van der Waals surface area (Å²) in [5.41, 5.74) is 2.80. The fraction of sp³-hybridized carbons (Fsp3) is 0.692. The van der Waals surface area contributed by atoms with Crippen molar-refractivity contribution in [2.75, 3.05) is 26.2 Å². The summed E-state index contributed by atoms with van der Waals surface area (Å²) >= 11 is 0. The van der Waals surface area contributed by atoms with Gasteiger partial charge in [-0.15, -0.1) is 0 Å². The topological polar surface area (TPSA) is 40.6 Å². The molecular formula is C26H36N2O2. The Morgan fingerprint density at radius 1 is 0.900 bits per heavy atom. The lowest BCUT2D eigenvalue weighted by molar-refractivity contribution is -0.163. The maximum Gasteiger partial charge on any atom is 0.228 e. The normalized spacial score (nSPS) is 35.2. The van der Waals surface area contributed by atoms with Gasteiger partial charge in [-0.3, -0.25) is 9.59 Å². The molecule has 1 saturated heterocycles. The van der Waals surface area contributed by atoms with Crippen LogP contribution in [0.2, 0.25) is 0 Å². The van der Waals surface area contributed by atoms with E-state index in [1.807, 2.05) is 18.7 Å². The number of carbonyl (C=O) groups is 2. The minimum Gasteiger partial charge on any atom is -0.339 e. The number of benzene rings is 1. The summed E-state index contributed by atoms with van der Waals surface area (Å²) in [7, 11) is 0. The Labute approximate surface area is 181 Å². The third-order valence-electron chi connectivity index (χ3n) is 8.55. The van der Waals surface area contributed by atoms with Crippen LogP contribution < -0.4 is 0 Å². The number of piperazine rings is 1. The highest BCUT2D eigenvalue weighted by Crippen LogP contribution is 2.66. The first-order valence-electron chi connectivity index (χ1n) is 12.0. The van der Waals surface area contributed by atoms with E-state index in [9.17, 15) is 9.59 Å². The van der Waals surface area contributed by atoms with Gasteiger partial charge in [0.1, 0.15) is 0 Å². The van der Waals surface area contributed by atoms with Crippen LogP contribution in [0.3, 0.4) is 0 Å². The predicted molar refractivity (Wildman–Crippen MR) is 118 cm³/mol. The van der Waals surface area contributed by atoms with Crippen LogP contribution in [0.25, 0.3) is 0 Å². The summed E-state index contributed by atoms with van der Waals surface area (Å²) in [6.45, 7) is 8.85. The molecule has 4 aliphatic carbocycles. The van der Waals surface area contributed by atoms with E-state index in [4.69, 9.17) is 0 Å². The van der Waals surface area contributed by atoms with Gasteiger partial charge >= 0.3 is 0 Å². The van der Waals surface area contributed by atoms with Crippen LogP contribution in [-0.4, -0.2) is 47.8 Å². The summed E-state index contributed by atoms with van der Waals surface area (Å²) in [4.78, 5) is 30.3. The molecular weight excluding hydrogens is 372 g/mol. The Bertz CT molecular complexity index is 821. The quantitative estimate of drug-likeness (QED) is 0.753. The SMILES string of the molecule is Cc1ccc(C23CC4CC(CC(C(=O)N5CCN(C(=O)C(C)C)CC5)(C4)C2)C3)cc1. The molecule has 5 aliphatic rings. The molecule has 0 aromatic heterocycles. The van der Waals surface area contributed by atoms with Crippen LogP contribution in [0.4, 0.5) is 0 Å². The lowest BCUT2D eigenvalue weighted by Crippen LogP contribution is -2.62. The fourth-order valence-electron chi connectivity index (χ4n) is 7.59. The highest BCUT2D eigenvalue weighted by molar-refractivity contribution is 5.84.